The Balaban J connectivity index is 2.04. The number of nitrogens with zero attached hydrogens (tertiary/aromatic N) is 2. The monoisotopic (exact) mass is 276 g/mol. The Morgan fingerprint density at radius 2 is 2.05 bits per heavy atom. The highest BCUT2D eigenvalue weighted by Gasteiger charge is 2.19. The number of carbonyl (C=O) groups excluding carboxylic acids is 1. The van der Waals surface area contributed by atoms with E-state index in [9.17, 15) is 9.18 Å². The number of aromatic nitrogens is 3. The second-order valence-corrected chi connectivity index (χ2v) is 5.01. The molecule has 0 aliphatic rings. The lowest BCUT2D eigenvalue weighted by Crippen LogP contribution is -2.40. The molecule has 1 aromatic carbocycles. The zero-order chi connectivity index (χ0) is 14.5. The summed E-state index contributed by atoms with van der Waals surface area (Å²) < 4.78 is 12.9. The fourth-order valence-corrected chi connectivity index (χ4v) is 1.88. The molecule has 5 nitrogen and oxygen atoms in total. The molecule has 0 aliphatic carbocycles. The average Bonchev–Trinajstić information content (AvgIpc) is 2.94. The molecule has 0 aliphatic heterocycles. The van der Waals surface area contributed by atoms with Crippen LogP contribution in [-0.2, 0) is 6.42 Å². The van der Waals surface area contributed by atoms with Crippen molar-refractivity contribution in [3.05, 3.63) is 47.5 Å². The maximum absolute atomic E-state index is 12.9. The topological polar surface area (TPSA) is 70.7 Å². The van der Waals surface area contributed by atoms with Crippen molar-refractivity contribution in [3.63, 3.8) is 0 Å². The Kier molecular flexibility index (Phi) is 4.45. The second kappa shape index (κ2) is 6.27. The molecule has 6 heteroatoms. The van der Waals surface area contributed by atoms with Crippen LogP contribution < -0.4 is 5.32 Å². The standard InChI is InChI=1S/C14H17FN4O/c1-9(2)12(7-10-3-5-11(15)6-4-10)17-14(20)13-8-16-19-18-13/h3-6,8-9,12H,7H2,1-2H3,(H,17,20)(H,16,18,19)/t12-/m0/s1. The molecule has 2 rings (SSSR count). The molecule has 0 unspecified atom stereocenters. The van der Waals surface area contributed by atoms with Gasteiger partial charge in [0.25, 0.3) is 5.91 Å². The van der Waals surface area contributed by atoms with Crippen molar-refractivity contribution in [3.8, 4) is 0 Å². The van der Waals surface area contributed by atoms with Gasteiger partial charge in [-0.15, -0.1) is 0 Å². The molecule has 0 fully saturated rings. The van der Waals surface area contributed by atoms with Gasteiger partial charge in [0.1, 0.15) is 5.82 Å². The number of halogens is 1. The molecule has 0 bridgehead atoms. The number of rotatable bonds is 5. The summed E-state index contributed by atoms with van der Waals surface area (Å²) in [5, 5.41) is 12.7. The summed E-state index contributed by atoms with van der Waals surface area (Å²) in [6.07, 6.45) is 2.02. The van der Waals surface area contributed by atoms with Crippen molar-refractivity contribution in [2.75, 3.05) is 0 Å². The summed E-state index contributed by atoms with van der Waals surface area (Å²) in [6.45, 7) is 4.05. The van der Waals surface area contributed by atoms with Gasteiger partial charge in [-0.2, -0.15) is 15.4 Å². The third-order valence-electron chi connectivity index (χ3n) is 3.14. The minimum atomic E-state index is -0.264. The van der Waals surface area contributed by atoms with E-state index in [1.165, 1.54) is 18.3 Å². The minimum Gasteiger partial charge on any atom is -0.347 e. The normalized spacial score (nSPS) is 12.4. The molecule has 0 radical (unpaired) electrons. The quantitative estimate of drug-likeness (QED) is 0.876. The molecule has 2 N–H and O–H groups in total. The molecular weight excluding hydrogens is 259 g/mol. The van der Waals surface area contributed by atoms with Crippen LogP contribution in [0.2, 0.25) is 0 Å². The number of carbonyl (C=O) groups is 1. The third-order valence-corrected chi connectivity index (χ3v) is 3.14. The summed E-state index contributed by atoms with van der Waals surface area (Å²) in [4.78, 5) is 12.0. The van der Waals surface area contributed by atoms with E-state index in [4.69, 9.17) is 0 Å². The van der Waals surface area contributed by atoms with Crippen molar-refractivity contribution >= 4 is 5.91 Å². The highest BCUT2D eigenvalue weighted by atomic mass is 19.1. The van der Waals surface area contributed by atoms with Crippen LogP contribution in [0.5, 0.6) is 0 Å². The van der Waals surface area contributed by atoms with Gasteiger partial charge in [0.15, 0.2) is 5.69 Å². The molecule has 1 aromatic heterocycles. The fourth-order valence-electron chi connectivity index (χ4n) is 1.88. The Labute approximate surface area is 116 Å². The number of amides is 1. The number of nitrogens with one attached hydrogen (secondary N) is 2. The Hall–Kier alpha value is -2.24. The number of aromatic amines is 1. The molecule has 1 amide bonds. The predicted molar refractivity (Wildman–Crippen MR) is 72.6 cm³/mol. The van der Waals surface area contributed by atoms with Gasteiger partial charge in [-0.25, -0.2) is 4.39 Å². The van der Waals surface area contributed by atoms with Crippen molar-refractivity contribution in [1.82, 2.24) is 20.7 Å². The lowest BCUT2D eigenvalue weighted by molar-refractivity contribution is 0.0920. The molecule has 0 spiro atoms. The maximum Gasteiger partial charge on any atom is 0.273 e. The minimum absolute atomic E-state index is 0.0512. The van der Waals surface area contributed by atoms with Gasteiger partial charge >= 0.3 is 0 Å². The van der Waals surface area contributed by atoms with Crippen LogP contribution in [0.1, 0.15) is 29.9 Å². The highest BCUT2D eigenvalue weighted by molar-refractivity contribution is 5.92. The smallest absolute Gasteiger partial charge is 0.273 e. The van der Waals surface area contributed by atoms with E-state index in [1.54, 1.807) is 12.1 Å². The zero-order valence-corrected chi connectivity index (χ0v) is 11.4. The lowest BCUT2D eigenvalue weighted by Gasteiger charge is -2.22. The number of hydrogen-bond acceptors (Lipinski definition) is 3. The fraction of sp³-hybridized carbons (Fsp3) is 0.357. The molecule has 0 saturated heterocycles. The first-order valence-electron chi connectivity index (χ1n) is 6.47. The van der Waals surface area contributed by atoms with Gasteiger partial charge in [0.05, 0.1) is 6.20 Å². The summed E-state index contributed by atoms with van der Waals surface area (Å²) >= 11 is 0. The predicted octanol–water partition coefficient (Wildman–Crippen LogP) is 1.94. The van der Waals surface area contributed by atoms with Crippen LogP contribution in [0.25, 0.3) is 0 Å². The average molecular weight is 276 g/mol. The van der Waals surface area contributed by atoms with E-state index in [1.807, 2.05) is 13.8 Å². The lowest BCUT2D eigenvalue weighted by atomic mass is 9.96. The van der Waals surface area contributed by atoms with Crippen molar-refractivity contribution in [2.45, 2.75) is 26.3 Å². The van der Waals surface area contributed by atoms with Crippen molar-refractivity contribution in [2.24, 2.45) is 5.92 Å². The van der Waals surface area contributed by atoms with E-state index in [0.29, 0.717) is 6.42 Å². The highest BCUT2D eigenvalue weighted by Crippen LogP contribution is 2.12. The largest absolute Gasteiger partial charge is 0.347 e. The Morgan fingerprint density at radius 1 is 1.35 bits per heavy atom. The van der Waals surface area contributed by atoms with Crippen LogP contribution in [0.4, 0.5) is 4.39 Å². The Morgan fingerprint density at radius 3 is 2.60 bits per heavy atom. The maximum atomic E-state index is 12.9. The Bertz CT molecular complexity index is 551. The van der Waals surface area contributed by atoms with Gasteiger partial charge in [0.2, 0.25) is 0 Å². The van der Waals surface area contributed by atoms with E-state index in [0.717, 1.165) is 5.56 Å². The first-order valence-corrected chi connectivity index (χ1v) is 6.47. The molecule has 2 aromatic rings. The molecule has 1 atom stereocenters. The number of hydrogen-bond donors (Lipinski definition) is 2. The van der Waals surface area contributed by atoms with Gasteiger partial charge in [-0.1, -0.05) is 26.0 Å². The first kappa shape index (κ1) is 14.2. The van der Waals surface area contributed by atoms with E-state index >= 15 is 0 Å². The summed E-state index contributed by atoms with van der Waals surface area (Å²) in [6, 6.07) is 6.25. The number of benzene rings is 1. The molecule has 20 heavy (non-hydrogen) atoms. The molecule has 106 valence electrons. The first-order chi connectivity index (χ1) is 9.56. The van der Waals surface area contributed by atoms with Crippen molar-refractivity contribution in [1.29, 1.82) is 0 Å². The number of H-pyrrole nitrogens is 1. The molecule has 1 heterocycles. The molecule has 0 saturated carbocycles. The van der Waals surface area contributed by atoms with Crippen LogP contribution >= 0.6 is 0 Å². The van der Waals surface area contributed by atoms with Gasteiger partial charge < -0.3 is 5.32 Å². The zero-order valence-electron chi connectivity index (χ0n) is 11.4. The van der Waals surface area contributed by atoms with E-state index in [-0.39, 0.29) is 29.4 Å². The van der Waals surface area contributed by atoms with Crippen LogP contribution in [-0.4, -0.2) is 27.4 Å². The summed E-state index contributed by atoms with van der Waals surface area (Å²) in [7, 11) is 0. The van der Waals surface area contributed by atoms with Crippen LogP contribution in [0, 0.1) is 11.7 Å². The SMILES string of the molecule is CC(C)[C@H](Cc1ccc(F)cc1)NC(=O)c1cn[nH]n1. The third kappa shape index (κ3) is 3.63. The van der Waals surface area contributed by atoms with Gasteiger partial charge in [-0.05, 0) is 30.0 Å². The van der Waals surface area contributed by atoms with Gasteiger partial charge in [0, 0.05) is 6.04 Å². The van der Waals surface area contributed by atoms with Gasteiger partial charge in [-0.3, -0.25) is 4.79 Å². The van der Waals surface area contributed by atoms with E-state index < -0.39 is 0 Å². The van der Waals surface area contributed by atoms with Crippen LogP contribution in [0.15, 0.2) is 30.5 Å². The van der Waals surface area contributed by atoms with E-state index in [2.05, 4.69) is 20.7 Å². The summed E-state index contributed by atoms with van der Waals surface area (Å²) in [5.41, 5.74) is 1.24. The summed E-state index contributed by atoms with van der Waals surface area (Å²) in [5.74, 6) is -0.281. The van der Waals surface area contributed by atoms with Crippen molar-refractivity contribution < 1.29 is 9.18 Å². The second-order valence-electron chi connectivity index (χ2n) is 5.01. The molecular formula is C14H17FN4O. The van der Waals surface area contributed by atoms with Crippen LogP contribution in [0.3, 0.4) is 0 Å².